The van der Waals surface area contributed by atoms with Crippen molar-refractivity contribution in [3.63, 3.8) is 0 Å². The van der Waals surface area contributed by atoms with E-state index in [9.17, 15) is 0 Å². The fourth-order valence-electron chi connectivity index (χ4n) is 3.62. The molecule has 1 rings (SSSR count). The van der Waals surface area contributed by atoms with Crippen LogP contribution in [0.3, 0.4) is 0 Å². The second kappa shape index (κ2) is 12.3. The lowest BCUT2D eigenvalue weighted by molar-refractivity contribution is 0.343. The quantitative estimate of drug-likeness (QED) is 0.388. The smallest absolute Gasteiger partial charge is 0.0918 e. The van der Waals surface area contributed by atoms with Gasteiger partial charge in [-0.25, -0.2) is 0 Å². The Morgan fingerprint density at radius 2 is 1.83 bits per heavy atom. The summed E-state index contributed by atoms with van der Waals surface area (Å²) < 4.78 is 0. The standard InChI is InChI=1S/C21H41N3/c1-6-8-9-10-13-16-22-18(4)15-12-11-14-17(3)21-20(7-2)23-19(5)24-21/h17,20-24H,4-16H2,1-3H3. The Kier molecular flexibility index (Phi) is 10.7. The van der Waals surface area contributed by atoms with Crippen molar-refractivity contribution in [3.05, 3.63) is 24.7 Å². The van der Waals surface area contributed by atoms with Gasteiger partial charge < -0.3 is 16.0 Å². The molecule has 0 bridgehead atoms. The van der Waals surface area contributed by atoms with Crippen LogP contribution in [0.15, 0.2) is 24.7 Å². The third-order valence-electron chi connectivity index (χ3n) is 5.23. The van der Waals surface area contributed by atoms with Crippen LogP contribution in [-0.4, -0.2) is 18.6 Å². The molecule has 3 heteroatoms. The van der Waals surface area contributed by atoms with E-state index >= 15 is 0 Å². The van der Waals surface area contributed by atoms with E-state index in [1.165, 1.54) is 57.1 Å². The van der Waals surface area contributed by atoms with E-state index in [1.54, 1.807) is 0 Å². The van der Waals surface area contributed by atoms with Crippen LogP contribution >= 0.6 is 0 Å². The Morgan fingerprint density at radius 1 is 1.08 bits per heavy atom. The molecule has 3 nitrogen and oxygen atoms in total. The van der Waals surface area contributed by atoms with Crippen LogP contribution in [0.5, 0.6) is 0 Å². The van der Waals surface area contributed by atoms with Crippen LogP contribution in [-0.2, 0) is 0 Å². The van der Waals surface area contributed by atoms with Gasteiger partial charge in [-0.3, -0.25) is 0 Å². The maximum Gasteiger partial charge on any atom is 0.0918 e. The lowest BCUT2D eigenvalue weighted by Crippen LogP contribution is -2.38. The average Bonchev–Trinajstić information content (AvgIpc) is 2.95. The molecule has 1 fully saturated rings. The summed E-state index contributed by atoms with van der Waals surface area (Å²) in [6, 6.07) is 1.07. The fourth-order valence-corrected chi connectivity index (χ4v) is 3.62. The van der Waals surface area contributed by atoms with Gasteiger partial charge in [-0.05, 0) is 38.0 Å². The van der Waals surface area contributed by atoms with Crippen molar-refractivity contribution in [1.82, 2.24) is 16.0 Å². The van der Waals surface area contributed by atoms with Gasteiger partial charge in [0.1, 0.15) is 0 Å². The third-order valence-corrected chi connectivity index (χ3v) is 5.23. The van der Waals surface area contributed by atoms with Gasteiger partial charge in [0.05, 0.1) is 11.9 Å². The zero-order chi connectivity index (χ0) is 17.8. The number of rotatable bonds is 14. The minimum absolute atomic E-state index is 0.534. The minimum atomic E-state index is 0.534. The summed E-state index contributed by atoms with van der Waals surface area (Å²) in [6.45, 7) is 16.2. The van der Waals surface area contributed by atoms with Gasteiger partial charge in [-0.2, -0.15) is 0 Å². The predicted octanol–water partition coefficient (Wildman–Crippen LogP) is 5.07. The van der Waals surface area contributed by atoms with Crippen molar-refractivity contribution in [3.8, 4) is 0 Å². The first kappa shape index (κ1) is 20.9. The molecule has 1 heterocycles. The van der Waals surface area contributed by atoms with E-state index < -0.39 is 0 Å². The van der Waals surface area contributed by atoms with Gasteiger partial charge in [-0.15, -0.1) is 0 Å². The maximum absolute atomic E-state index is 4.17. The monoisotopic (exact) mass is 335 g/mol. The first-order chi connectivity index (χ1) is 11.6. The molecule has 1 aliphatic rings. The highest BCUT2D eigenvalue weighted by atomic mass is 15.2. The van der Waals surface area contributed by atoms with Gasteiger partial charge >= 0.3 is 0 Å². The average molecular weight is 336 g/mol. The third kappa shape index (κ3) is 8.12. The van der Waals surface area contributed by atoms with E-state index in [2.05, 4.69) is 49.9 Å². The molecule has 1 aliphatic heterocycles. The van der Waals surface area contributed by atoms with Crippen LogP contribution < -0.4 is 16.0 Å². The zero-order valence-electron chi connectivity index (χ0n) is 16.4. The molecule has 3 unspecified atom stereocenters. The van der Waals surface area contributed by atoms with E-state index in [0.29, 0.717) is 18.0 Å². The highest BCUT2D eigenvalue weighted by Gasteiger charge is 2.30. The Morgan fingerprint density at radius 3 is 2.54 bits per heavy atom. The van der Waals surface area contributed by atoms with Crippen molar-refractivity contribution in [2.75, 3.05) is 6.54 Å². The Bertz CT molecular complexity index is 364. The Labute approximate surface area is 150 Å². The van der Waals surface area contributed by atoms with E-state index in [4.69, 9.17) is 0 Å². The van der Waals surface area contributed by atoms with Gasteiger partial charge in [0, 0.05) is 18.3 Å². The molecule has 0 spiro atoms. The second-order valence-corrected chi connectivity index (χ2v) is 7.48. The van der Waals surface area contributed by atoms with E-state index in [0.717, 1.165) is 25.2 Å². The van der Waals surface area contributed by atoms with Crippen molar-refractivity contribution in [2.24, 2.45) is 5.92 Å². The molecule has 24 heavy (non-hydrogen) atoms. The van der Waals surface area contributed by atoms with Crippen LogP contribution in [0.2, 0.25) is 0 Å². The van der Waals surface area contributed by atoms with E-state index in [1.807, 2.05) is 0 Å². The van der Waals surface area contributed by atoms with Crippen LogP contribution in [0.1, 0.15) is 85.0 Å². The molecule has 3 atom stereocenters. The SMILES string of the molecule is C=C(CCCCC(C)C1NC(=C)NC1CC)NCCCCCCC. The molecule has 0 aromatic rings. The normalized spacial score (nSPS) is 21.2. The number of unbranched alkanes of at least 4 members (excludes halogenated alkanes) is 5. The lowest BCUT2D eigenvalue weighted by atomic mass is 9.90. The number of nitrogens with one attached hydrogen (secondary N) is 3. The van der Waals surface area contributed by atoms with Gasteiger partial charge in [0.15, 0.2) is 0 Å². The lowest BCUT2D eigenvalue weighted by Gasteiger charge is -2.24. The number of allylic oxidation sites excluding steroid dienone is 1. The molecule has 3 N–H and O–H groups in total. The Balaban J connectivity index is 2.04. The molecular weight excluding hydrogens is 294 g/mol. The van der Waals surface area contributed by atoms with Gasteiger partial charge in [-0.1, -0.05) is 66.0 Å². The Hall–Kier alpha value is -1.12. The van der Waals surface area contributed by atoms with Crippen molar-refractivity contribution >= 4 is 0 Å². The number of hydrogen-bond donors (Lipinski definition) is 3. The predicted molar refractivity (Wildman–Crippen MR) is 107 cm³/mol. The largest absolute Gasteiger partial charge is 0.389 e. The molecule has 0 aromatic heterocycles. The van der Waals surface area contributed by atoms with E-state index in [-0.39, 0.29) is 0 Å². The molecule has 1 saturated heterocycles. The summed E-state index contributed by atoms with van der Waals surface area (Å²) in [5.74, 6) is 1.68. The maximum atomic E-state index is 4.17. The summed E-state index contributed by atoms with van der Waals surface area (Å²) in [5.41, 5.74) is 1.22. The second-order valence-electron chi connectivity index (χ2n) is 7.48. The van der Waals surface area contributed by atoms with Crippen molar-refractivity contribution in [1.29, 1.82) is 0 Å². The molecule has 0 saturated carbocycles. The topological polar surface area (TPSA) is 36.1 Å². The highest BCUT2D eigenvalue weighted by Crippen LogP contribution is 2.22. The van der Waals surface area contributed by atoms with Gasteiger partial charge in [0.2, 0.25) is 0 Å². The molecule has 0 amide bonds. The van der Waals surface area contributed by atoms with Gasteiger partial charge in [0.25, 0.3) is 0 Å². The highest BCUT2D eigenvalue weighted by molar-refractivity contribution is 5.06. The minimum Gasteiger partial charge on any atom is -0.389 e. The summed E-state index contributed by atoms with van der Waals surface area (Å²) in [5, 5.41) is 10.5. The zero-order valence-corrected chi connectivity index (χ0v) is 16.4. The van der Waals surface area contributed by atoms with Crippen LogP contribution in [0.4, 0.5) is 0 Å². The molecule has 0 aliphatic carbocycles. The molecule has 0 radical (unpaired) electrons. The van der Waals surface area contributed by atoms with Crippen molar-refractivity contribution < 1.29 is 0 Å². The molecular formula is C21H41N3. The summed E-state index contributed by atoms with van der Waals surface area (Å²) in [6.07, 6.45) is 12.7. The summed E-state index contributed by atoms with van der Waals surface area (Å²) in [7, 11) is 0. The molecule has 0 aromatic carbocycles. The summed E-state index contributed by atoms with van der Waals surface area (Å²) >= 11 is 0. The van der Waals surface area contributed by atoms with Crippen molar-refractivity contribution in [2.45, 2.75) is 97.1 Å². The first-order valence-corrected chi connectivity index (χ1v) is 10.2. The first-order valence-electron chi connectivity index (χ1n) is 10.2. The van der Waals surface area contributed by atoms with Crippen LogP contribution in [0.25, 0.3) is 0 Å². The fraction of sp³-hybridized carbons (Fsp3) is 0.810. The number of hydrogen-bond acceptors (Lipinski definition) is 3. The molecule has 140 valence electrons. The summed E-state index contributed by atoms with van der Waals surface area (Å²) in [4.78, 5) is 0. The van der Waals surface area contributed by atoms with Crippen LogP contribution in [0, 0.1) is 5.92 Å².